The van der Waals surface area contributed by atoms with Gasteiger partial charge in [-0.1, -0.05) is 30.2 Å². The zero-order valence-electron chi connectivity index (χ0n) is 17.2. The molecule has 1 aromatic heterocycles. The van der Waals surface area contributed by atoms with Gasteiger partial charge in [0, 0.05) is 31.0 Å². The van der Waals surface area contributed by atoms with Crippen molar-refractivity contribution in [2.45, 2.75) is 57.4 Å². The number of carbonyl (C=O) groups excluding carboxylic acids is 2. The minimum atomic E-state index is -0.160. The lowest BCUT2D eigenvalue weighted by Gasteiger charge is -2.35. The van der Waals surface area contributed by atoms with Gasteiger partial charge in [-0.2, -0.15) is 0 Å². The monoisotopic (exact) mass is 429 g/mol. The lowest BCUT2D eigenvalue weighted by molar-refractivity contribution is -0.143. The molecule has 0 bridgehead atoms. The maximum absolute atomic E-state index is 13.1. The topological polar surface area (TPSA) is 66.7 Å². The first kappa shape index (κ1) is 20.9. The molecule has 0 spiro atoms. The molecule has 6 nitrogen and oxygen atoms in total. The van der Waals surface area contributed by atoms with Gasteiger partial charge in [0.25, 0.3) is 0 Å². The third-order valence-corrected chi connectivity index (χ3v) is 6.22. The molecule has 1 atom stereocenters. The van der Waals surface area contributed by atoms with Crippen molar-refractivity contribution >= 4 is 23.4 Å². The third-order valence-electron chi connectivity index (χ3n) is 5.97. The minimum absolute atomic E-state index is 0.00704. The van der Waals surface area contributed by atoms with E-state index in [9.17, 15) is 9.59 Å². The number of aromatic nitrogens is 1. The molecule has 30 heavy (non-hydrogen) atoms. The highest BCUT2D eigenvalue weighted by molar-refractivity contribution is 6.30. The molecule has 0 saturated carbocycles. The first-order valence-corrected chi connectivity index (χ1v) is 11.2. The number of halogens is 1. The van der Waals surface area contributed by atoms with E-state index in [1.165, 1.54) is 0 Å². The molecule has 2 saturated heterocycles. The van der Waals surface area contributed by atoms with Crippen molar-refractivity contribution in [3.05, 3.63) is 52.7 Å². The standard InChI is InChI=1S/C23H28ClN3O3/c24-18-10-8-17(9-11-18)14-19-15-25-23(30-19)20-6-3-5-13-27(20)22(29)16-26-12-4-1-2-7-21(26)28/h8-11,15,20H,1-7,12-14,16H2/t20-/m1/s1. The first-order valence-electron chi connectivity index (χ1n) is 10.9. The second-order valence-electron chi connectivity index (χ2n) is 8.19. The van der Waals surface area contributed by atoms with Gasteiger partial charge in [0.2, 0.25) is 17.7 Å². The summed E-state index contributed by atoms with van der Waals surface area (Å²) >= 11 is 5.96. The number of hydrogen-bond acceptors (Lipinski definition) is 4. The van der Waals surface area contributed by atoms with Crippen molar-refractivity contribution in [1.29, 1.82) is 0 Å². The van der Waals surface area contributed by atoms with Crippen LogP contribution in [-0.2, 0) is 16.0 Å². The Morgan fingerprint density at radius 2 is 1.90 bits per heavy atom. The summed E-state index contributed by atoms with van der Waals surface area (Å²) in [5.41, 5.74) is 1.10. The normalized spacial score (nSPS) is 20.3. The Hall–Kier alpha value is -2.34. The van der Waals surface area contributed by atoms with Crippen LogP contribution in [0.2, 0.25) is 5.02 Å². The summed E-state index contributed by atoms with van der Waals surface area (Å²) in [5.74, 6) is 1.45. The summed E-state index contributed by atoms with van der Waals surface area (Å²) < 4.78 is 6.05. The molecule has 1 aromatic carbocycles. The Morgan fingerprint density at radius 1 is 1.10 bits per heavy atom. The fraction of sp³-hybridized carbons (Fsp3) is 0.522. The van der Waals surface area contributed by atoms with Gasteiger partial charge in [-0.25, -0.2) is 4.98 Å². The van der Waals surface area contributed by atoms with Crippen molar-refractivity contribution in [3.63, 3.8) is 0 Å². The van der Waals surface area contributed by atoms with Crippen molar-refractivity contribution in [3.8, 4) is 0 Å². The zero-order chi connectivity index (χ0) is 20.9. The van der Waals surface area contributed by atoms with E-state index < -0.39 is 0 Å². The SMILES string of the molecule is O=C1CCCCCN1CC(=O)N1CCCC[C@@H]1c1ncc(Cc2ccc(Cl)cc2)o1. The fourth-order valence-corrected chi connectivity index (χ4v) is 4.43. The van der Waals surface area contributed by atoms with Crippen LogP contribution >= 0.6 is 11.6 Å². The van der Waals surface area contributed by atoms with E-state index in [4.69, 9.17) is 16.0 Å². The Kier molecular flexibility index (Phi) is 6.72. The van der Waals surface area contributed by atoms with Crippen molar-refractivity contribution in [2.75, 3.05) is 19.6 Å². The van der Waals surface area contributed by atoms with E-state index in [0.717, 1.165) is 49.8 Å². The molecule has 2 aromatic rings. The number of nitrogens with zero attached hydrogens (tertiary/aromatic N) is 3. The smallest absolute Gasteiger partial charge is 0.242 e. The summed E-state index contributed by atoms with van der Waals surface area (Å²) in [6.45, 7) is 1.52. The van der Waals surface area contributed by atoms with Crippen LogP contribution in [0.5, 0.6) is 0 Å². The molecular weight excluding hydrogens is 402 g/mol. The number of rotatable bonds is 5. The van der Waals surface area contributed by atoms with Crippen LogP contribution in [0.15, 0.2) is 34.9 Å². The predicted octanol–water partition coefficient (Wildman–Crippen LogP) is 4.38. The molecular formula is C23H28ClN3O3. The maximum atomic E-state index is 13.1. The molecule has 0 unspecified atom stereocenters. The van der Waals surface area contributed by atoms with Crippen LogP contribution in [0.25, 0.3) is 0 Å². The van der Waals surface area contributed by atoms with E-state index >= 15 is 0 Å². The number of benzene rings is 1. The molecule has 2 fully saturated rings. The van der Waals surface area contributed by atoms with E-state index in [-0.39, 0.29) is 24.4 Å². The number of carbonyl (C=O) groups is 2. The molecule has 3 heterocycles. The second kappa shape index (κ2) is 9.65. The van der Waals surface area contributed by atoms with E-state index in [1.54, 1.807) is 11.1 Å². The second-order valence-corrected chi connectivity index (χ2v) is 8.63. The summed E-state index contributed by atoms with van der Waals surface area (Å²) in [6.07, 6.45) is 8.70. The quantitative estimate of drug-likeness (QED) is 0.707. The van der Waals surface area contributed by atoms with Crippen LogP contribution in [0.4, 0.5) is 0 Å². The molecule has 0 N–H and O–H groups in total. The third kappa shape index (κ3) is 5.04. The average Bonchev–Trinajstić information content (AvgIpc) is 3.13. The van der Waals surface area contributed by atoms with Crippen LogP contribution in [0, 0.1) is 0 Å². The van der Waals surface area contributed by atoms with E-state index in [0.29, 0.717) is 36.8 Å². The van der Waals surface area contributed by atoms with Gasteiger partial charge in [0.05, 0.1) is 12.7 Å². The Morgan fingerprint density at radius 3 is 2.73 bits per heavy atom. The molecule has 0 aliphatic carbocycles. The van der Waals surface area contributed by atoms with Gasteiger partial charge < -0.3 is 14.2 Å². The molecule has 7 heteroatoms. The number of likely N-dealkylation sites (tertiary alicyclic amines) is 2. The lowest BCUT2D eigenvalue weighted by Crippen LogP contribution is -2.46. The Balaban J connectivity index is 1.44. The van der Waals surface area contributed by atoms with Crippen LogP contribution < -0.4 is 0 Å². The molecule has 2 amide bonds. The molecule has 4 rings (SSSR count). The van der Waals surface area contributed by atoms with Gasteiger partial charge in [-0.05, 0) is 49.8 Å². The lowest BCUT2D eigenvalue weighted by atomic mass is 10.0. The highest BCUT2D eigenvalue weighted by atomic mass is 35.5. The van der Waals surface area contributed by atoms with Gasteiger partial charge in [-0.15, -0.1) is 0 Å². The van der Waals surface area contributed by atoms with Crippen LogP contribution in [0.3, 0.4) is 0 Å². The summed E-state index contributed by atoms with van der Waals surface area (Å²) in [6, 6.07) is 7.50. The Bertz CT molecular complexity index is 880. The van der Waals surface area contributed by atoms with Gasteiger partial charge in [0.1, 0.15) is 11.8 Å². The fourth-order valence-electron chi connectivity index (χ4n) is 4.31. The van der Waals surface area contributed by atoms with Crippen molar-refractivity contribution < 1.29 is 14.0 Å². The summed E-state index contributed by atoms with van der Waals surface area (Å²) in [4.78, 5) is 33.5. The van der Waals surface area contributed by atoms with Crippen molar-refractivity contribution in [2.24, 2.45) is 0 Å². The van der Waals surface area contributed by atoms with Crippen LogP contribution in [-0.4, -0.2) is 46.2 Å². The maximum Gasteiger partial charge on any atom is 0.242 e. The Labute approximate surface area is 182 Å². The molecule has 0 radical (unpaired) electrons. The zero-order valence-corrected chi connectivity index (χ0v) is 17.9. The highest BCUT2D eigenvalue weighted by Crippen LogP contribution is 2.31. The van der Waals surface area contributed by atoms with E-state index in [1.807, 2.05) is 29.2 Å². The summed E-state index contributed by atoms with van der Waals surface area (Å²) in [5, 5.41) is 0.705. The highest BCUT2D eigenvalue weighted by Gasteiger charge is 2.33. The largest absolute Gasteiger partial charge is 0.443 e. The van der Waals surface area contributed by atoms with Crippen molar-refractivity contribution in [1.82, 2.24) is 14.8 Å². The van der Waals surface area contributed by atoms with Gasteiger partial charge in [-0.3, -0.25) is 9.59 Å². The molecule has 2 aliphatic rings. The van der Waals surface area contributed by atoms with E-state index in [2.05, 4.69) is 4.98 Å². The summed E-state index contributed by atoms with van der Waals surface area (Å²) in [7, 11) is 0. The van der Waals surface area contributed by atoms with Gasteiger partial charge >= 0.3 is 0 Å². The minimum Gasteiger partial charge on any atom is -0.443 e. The van der Waals surface area contributed by atoms with Crippen LogP contribution in [0.1, 0.15) is 68.2 Å². The number of hydrogen-bond donors (Lipinski definition) is 0. The molecule has 2 aliphatic heterocycles. The number of oxazole rings is 1. The first-order chi connectivity index (χ1) is 14.6. The van der Waals surface area contributed by atoms with Gasteiger partial charge in [0.15, 0.2) is 0 Å². The predicted molar refractivity (Wildman–Crippen MR) is 114 cm³/mol. The average molecular weight is 430 g/mol. The number of piperidine rings is 1. The number of amides is 2. The molecule has 160 valence electrons.